The normalized spacial score (nSPS) is 18.0. The summed E-state index contributed by atoms with van der Waals surface area (Å²) >= 11 is 0. The van der Waals surface area contributed by atoms with Gasteiger partial charge in [0.05, 0.1) is 6.42 Å². The third kappa shape index (κ3) is 2.27. The van der Waals surface area contributed by atoms with Crippen LogP contribution < -0.4 is 0 Å². The van der Waals surface area contributed by atoms with Crippen LogP contribution in [0.2, 0.25) is 0 Å². The molecule has 3 rings (SSSR count). The molecule has 102 valence electrons. The summed E-state index contributed by atoms with van der Waals surface area (Å²) in [4.78, 5) is 8.69. The molecule has 0 N–H and O–H groups in total. The molecule has 0 aliphatic heterocycles. The van der Waals surface area contributed by atoms with Crippen LogP contribution in [0.3, 0.4) is 0 Å². The number of aryl methyl sites for hydroxylation is 1. The Hall–Kier alpha value is -1.72. The summed E-state index contributed by atoms with van der Waals surface area (Å²) in [6.45, 7) is 3.96. The van der Waals surface area contributed by atoms with Crippen molar-refractivity contribution in [1.29, 1.82) is 0 Å². The minimum absolute atomic E-state index is 0.0957. The second-order valence-electron chi connectivity index (χ2n) is 5.26. The Bertz CT molecular complexity index is 554. The van der Waals surface area contributed by atoms with Gasteiger partial charge in [0.2, 0.25) is 11.8 Å². The lowest BCUT2D eigenvalue weighted by Gasteiger charge is -2.21. The van der Waals surface area contributed by atoms with E-state index in [1.54, 1.807) is 6.92 Å². The van der Waals surface area contributed by atoms with Crippen LogP contribution in [0.5, 0.6) is 0 Å². The molecule has 0 amide bonds. The lowest BCUT2D eigenvalue weighted by atomic mass is 9.83. The van der Waals surface area contributed by atoms with E-state index in [1.807, 2.05) is 0 Å². The molecule has 6 nitrogen and oxygen atoms in total. The number of aromatic nitrogens is 4. The van der Waals surface area contributed by atoms with E-state index in [9.17, 15) is 0 Å². The molecular formula is C13H18N4O2. The summed E-state index contributed by atoms with van der Waals surface area (Å²) < 4.78 is 10.4. The average molecular weight is 262 g/mol. The van der Waals surface area contributed by atoms with Crippen LogP contribution in [0.15, 0.2) is 9.05 Å². The molecule has 1 aliphatic carbocycles. The second-order valence-corrected chi connectivity index (χ2v) is 5.26. The number of rotatable bonds is 4. The molecule has 19 heavy (non-hydrogen) atoms. The first-order valence-electron chi connectivity index (χ1n) is 6.84. The molecule has 6 heteroatoms. The molecule has 1 aliphatic rings. The van der Waals surface area contributed by atoms with Gasteiger partial charge in [-0.1, -0.05) is 30.1 Å². The molecule has 1 saturated carbocycles. The molecular weight excluding hydrogens is 244 g/mol. The second kappa shape index (κ2) is 4.75. The summed E-state index contributed by atoms with van der Waals surface area (Å²) in [5.41, 5.74) is 0.0957. The minimum Gasteiger partial charge on any atom is -0.340 e. The third-order valence-electron chi connectivity index (χ3n) is 4.05. The van der Waals surface area contributed by atoms with Crippen molar-refractivity contribution in [3.63, 3.8) is 0 Å². The van der Waals surface area contributed by atoms with Gasteiger partial charge in [-0.15, -0.1) is 0 Å². The van der Waals surface area contributed by atoms with Gasteiger partial charge in [0, 0.05) is 12.3 Å². The Kier molecular flexibility index (Phi) is 3.08. The molecule has 0 radical (unpaired) electrons. The molecule has 2 aromatic rings. The quantitative estimate of drug-likeness (QED) is 0.842. The van der Waals surface area contributed by atoms with Crippen LogP contribution >= 0.6 is 0 Å². The van der Waals surface area contributed by atoms with E-state index >= 15 is 0 Å². The van der Waals surface area contributed by atoms with Crippen molar-refractivity contribution >= 4 is 0 Å². The monoisotopic (exact) mass is 262 g/mol. The summed E-state index contributed by atoms with van der Waals surface area (Å²) in [6.07, 6.45) is 6.29. The SMILES string of the molecule is CCC1(c2nc(Cc3noc(C)n3)no2)CCCC1. The topological polar surface area (TPSA) is 77.8 Å². The van der Waals surface area contributed by atoms with Gasteiger partial charge in [-0.3, -0.25) is 0 Å². The van der Waals surface area contributed by atoms with Gasteiger partial charge in [0.1, 0.15) is 0 Å². The third-order valence-corrected chi connectivity index (χ3v) is 4.05. The van der Waals surface area contributed by atoms with Crippen LogP contribution in [0, 0.1) is 6.92 Å². The van der Waals surface area contributed by atoms with E-state index < -0.39 is 0 Å². The highest BCUT2D eigenvalue weighted by Crippen LogP contribution is 2.42. The first-order chi connectivity index (χ1) is 9.22. The molecule has 0 aromatic carbocycles. The molecule has 0 unspecified atom stereocenters. The van der Waals surface area contributed by atoms with Crippen LogP contribution in [0.4, 0.5) is 0 Å². The Morgan fingerprint density at radius 2 is 1.74 bits per heavy atom. The molecule has 2 aromatic heterocycles. The summed E-state index contributed by atoms with van der Waals surface area (Å²) in [7, 11) is 0. The Morgan fingerprint density at radius 3 is 2.37 bits per heavy atom. The summed E-state index contributed by atoms with van der Waals surface area (Å²) in [6, 6.07) is 0. The van der Waals surface area contributed by atoms with Crippen LogP contribution in [-0.2, 0) is 11.8 Å². The molecule has 0 spiro atoms. The highest BCUT2D eigenvalue weighted by atomic mass is 16.5. The molecule has 0 bridgehead atoms. The summed E-state index contributed by atoms with van der Waals surface area (Å²) in [5, 5.41) is 7.90. The predicted octanol–water partition coefficient (Wildman–Crippen LogP) is 2.57. The van der Waals surface area contributed by atoms with Gasteiger partial charge in [-0.05, 0) is 19.3 Å². The first-order valence-corrected chi connectivity index (χ1v) is 6.84. The smallest absolute Gasteiger partial charge is 0.232 e. The molecule has 0 atom stereocenters. The van der Waals surface area contributed by atoms with E-state index in [0.29, 0.717) is 24.0 Å². The summed E-state index contributed by atoms with van der Waals surface area (Å²) in [5.74, 6) is 2.57. The fourth-order valence-corrected chi connectivity index (χ4v) is 2.87. The van der Waals surface area contributed by atoms with Gasteiger partial charge in [-0.2, -0.15) is 9.97 Å². The van der Waals surface area contributed by atoms with Crippen molar-refractivity contribution in [2.24, 2.45) is 0 Å². The predicted molar refractivity (Wildman–Crippen MR) is 66.6 cm³/mol. The van der Waals surface area contributed by atoms with Crippen molar-refractivity contribution in [1.82, 2.24) is 20.3 Å². The standard InChI is InChI=1S/C13H18N4O2/c1-3-13(6-4-5-7-13)12-15-11(17-19-12)8-10-14-9(2)18-16-10/h3-8H2,1-2H3. The fraction of sp³-hybridized carbons (Fsp3) is 0.692. The van der Waals surface area contributed by atoms with E-state index in [1.165, 1.54) is 12.8 Å². The maximum Gasteiger partial charge on any atom is 0.232 e. The lowest BCUT2D eigenvalue weighted by Crippen LogP contribution is -2.21. The average Bonchev–Trinajstić information content (AvgIpc) is 3.11. The number of hydrogen-bond acceptors (Lipinski definition) is 6. The van der Waals surface area contributed by atoms with E-state index in [2.05, 4.69) is 27.2 Å². The van der Waals surface area contributed by atoms with Crippen molar-refractivity contribution in [2.75, 3.05) is 0 Å². The van der Waals surface area contributed by atoms with Gasteiger partial charge < -0.3 is 9.05 Å². The van der Waals surface area contributed by atoms with Crippen molar-refractivity contribution in [3.05, 3.63) is 23.4 Å². The minimum atomic E-state index is 0.0957. The van der Waals surface area contributed by atoms with Gasteiger partial charge in [0.15, 0.2) is 11.6 Å². The molecule has 2 heterocycles. The zero-order valence-corrected chi connectivity index (χ0v) is 11.3. The Labute approximate surface area is 111 Å². The highest BCUT2D eigenvalue weighted by Gasteiger charge is 2.39. The zero-order chi connectivity index (χ0) is 13.3. The lowest BCUT2D eigenvalue weighted by molar-refractivity contribution is 0.271. The largest absolute Gasteiger partial charge is 0.340 e. The van der Waals surface area contributed by atoms with Crippen LogP contribution in [-0.4, -0.2) is 20.3 Å². The molecule has 1 fully saturated rings. The number of nitrogens with zero attached hydrogens (tertiary/aromatic N) is 4. The highest BCUT2D eigenvalue weighted by molar-refractivity contribution is 5.09. The maximum absolute atomic E-state index is 5.47. The Balaban J connectivity index is 1.79. The van der Waals surface area contributed by atoms with E-state index in [0.717, 1.165) is 25.2 Å². The van der Waals surface area contributed by atoms with E-state index in [4.69, 9.17) is 9.05 Å². The number of hydrogen-bond donors (Lipinski definition) is 0. The molecule has 0 saturated heterocycles. The van der Waals surface area contributed by atoms with Gasteiger partial charge >= 0.3 is 0 Å². The van der Waals surface area contributed by atoms with Gasteiger partial charge in [-0.25, -0.2) is 0 Å². The van der Waals surface area contributed by atoms with E-state index in [-0.39, 0.29) is 5.41 Å². The van der Waals surface area contributed by atoms with Gasteiger partial charge in [0.25, 0.3) is 0 Å². The maximum atomic E-state index is 5.47. The van der Waals surface area contributed by atoms with Crippen molar-refractivity contribution in [3.8, 4) is 0 Å². The van der Waals surface area contributed by atoms with Crippen LogP contribution in [0.1, 0.15) is 62.5 Å². The fourth-order valence-electron chi connectivity index (χ4n) is 2.87. The Morgan fingerprint density at radius 1 is 1.05 bits per heavy atom. The van der Waals surface area contributed by atoms with Crippen molar-refractivity contribution in [2.45, 2.75) is 57.8 Å². The zero-order valence-electron chi connectivity index (χ0n) is 11.3. The first kappa shape index (κ1) is 12.3. The van der Waals surface area contributed by atoms with Crippen molar-refractivity contribution < 1.29 is 9.05 Å². The van der Waals surface area contributed by atoms with Crippen LogP contribution in [0.25, 0.3) is 0 Å².